The Morgan fingerprint density at radius 1 is 1.41 bits per heavy atom. The molecule has 2 rings (SSSR count). The molecule has 1 fully saturated rings. The lowest BCUT2D eigenvalue weighted by atomic mass is 9.92. The highest BCUT2D eigenvalue weighted by atomic mass is 32.2. The Bertz CT molecular complexity index is 663. The maximum Gasteiger partial charge on any atom is 0.229 e. The second-order valence-corrected chi connectivity index (χ2v) is 7.38. The van der Waals surface area contributed by atoms with Crippen LogP contribution in [0.5, 0.6) is 0 Å². The van der Waals surface area contributed by atoms with Gasteiger partial charge in [-0.05, 0) is 44.5 Å². The fraction of sp³-hybridized carbons (Fsp3) is 0.500. The number of nitrogens with one attached hydrogen (secondary N) is 3. The van der Waals surface area contributed by atoms with Crippen molar-refractivity contribution in [3.63, 3.8) is 0 Å². The molecule has 2 atom stereocenters. The summed E-state index contributed by atoms with van der Waals surface area (Å²) < 4.78 is 38.1. The van der Waals surface area contributed by atoms with Crippen LogP contribution < -0.4 is 15.4 Å². The van der Waals surface area contributed by atoms with Crippen LogP contribution in [0.1, 0.15) is 19.8 Å². The van der Waals surface area contributed by atoms with Crippen LogP contribution in [0.4, 0.5) is 15.8 Å². The summed E-state index contributed by atoms with van der Waals surface area (Å²) in [6, 6.07) is 4.08. The summed E-state index contributed by atoms with van der Waals surface area (Å²) in [6.07, 6.45) is 2.42. The number of carbonyl (C=O) groups is 1. The molecule has 1 aliphatic rings. The van der Waals surface area contributed by atoms with E-state index in [2.05, 4.69) is 15.4 Å². The number of sulfonamides is 1. The van der Waals surface area contributed by atoms with Gasteiger partial charge < -0.3 is 10.6 Å². The first-order valence-electron chi connectivity index (χ1n) is 7.06. The highest BCUT2D eigenvalue weighted by Gasteiger charge is 2.24. The molecule has 1 aromatic rings. The summed E-state index contributed by atoms with van der Waals surface area (Å²) in [4.78, 5) is 12.2. The normalized spacial score (nSPS) is 22.1. The van der Waals surface area contributed by atoms with Crippen molar-refractivity contribution in [1.82, 2.24) is 5.32 Å². The van der Waals surface area contributed by atoms with Gasteiger partial charge in [0.25, 0.3) is 0 Å². The summed E-state index contributed by atoms with van der Waals surface area (Å²) in [5.74, 6) is -0.934. The molecule has 8 heteroatoms. The van der Waals surface area contributed by atoms with E-state index in [4.69, 9.17) is 0 Å². The quantitative estimate of drug-likeness (QED) is 0.782. The molecule has 1 aromatic carbocycles. The molecule has 0 unspecified atom stereocenters. The van der Waals surface area contributed by atoms with Crippen molar-refractivity contribution in [2.45, 2.75) is 25.8 Å². The molecule has 1 aliphatic heterocycles. The second kappa shape index (κ2) is 6.62. The zero-order valence-corrected chi connectivity index (χ0v) is 13.3. The zero-order valence-electron chi connectivity index (χ0n) is 12.5. The van der Waals surface area contributed by atoms with Crippen LogP contribution in [0.2, 0.25) is 0 Å². The summed E-state index contributed by atoms with van der Waals surface area (Å²) in [5, 5.41) is 5.98. The molecule has 6 nitrogen and oxygen atoms in total. The lowest BCUT2D eigenvalue weighted by molar-refractivity contribution is -0.120. The molecule has 0 aliphatic carbocycles. The number of piperidine rings is 1. The van der Waals surface area contributed by atoms with Crippen LogP contribution in [-0.2, 0) is 14.8 Å². The Kier molecular flexibility index (Phi) is 5.02. The minimum absolute atomic E-state index is 0.104. The maximum atomic E-state index is 13.6. The Morgan fingerprint density at radius 3 is 2.77 bits per heavy atom. The van der Waals surface area contributed by atoms with E-state index < -0.39 is 15.8 Å². The highest BCUT2D eigenvalue weighted by Crippen LogP contribution is 2.23. The van der Waals surface area contributed by atoms with Gasteiger partial charge in [-0.3, -0.25) is 9.52 Å². The monoisotopic (exact) mass is 329 g/mol. The van der Waals surface area contributed by atoms with Crippen LogP contribution in [0, 0.1) is 11.7 Å². The van der Waals surface area contributed by atoms with Gasteiger partial charge in [0.2, 0.25) is 15.9 Å². The van der Waals surface area contributed by atoms with E-state index in [9.17, 15) is 17.6 Å². The maximum absolute atomic E-state index is 13.6. The van der Waals surface area contributed by atoms with Crippen LogP contribution in [-0.4, -0.2) is 33.2 Å². The molecule has 1 amide bonds. The van der Waals surface area contributed by atoms with E-state index in [1.165, 1.54) is 12.1 Å². The summed E-state index contributed by atoms with van der Waals surface area (Å²) in [7, 11) is -3.58. The molecule has 1 heterocycles. The van der Waals surface area contributed by atoms with Gasteiger partial charge in [-0.15, -0.1) is 0 Å². The average molecular weight is 329 g/mol. The Morgan fingerprint density at radius 2 is 2.14 bits per heavy atom. The summed E-state index contributed by atoms with van der Waals surface area (Å²) in [6.45, 7) is 2.80. The number of carbonyl (C=O) groups excluding carboxylic acids is 1. The first kappa shape index (κ1) is 16.7. The standard InChI is InChI=1S/C14H20FN3O3S/c1-9-7-10(5-6-16-9)14(19)17-11-3-4-12(15)13(8-11)18-22(2,20)21/h3-4,8-10,16,18H,5-7H2,1-2H3,(H,17,19)/t9-,10-/m0/s1. The molecule has 1 saturated heterocycles. The van der Waals surface area contributed by atoms with Crippen molar-refractivity contribution < 1.29 is 17.6 Å². The molecule has 3 N–H and O–H groups in total. The largest absolute Gasteiger partial charge is 0.326 e. The number of hydrogen-bond acceptors (Lipinski definition) is 4. The van der Waals surface area contributed by atoms with Crippen molar-refractivity contribution in [3.8, 4) is 0 Å². The van der Waals surface area contributed by atoms with Crippen molar-refractivity contribution in [3.05, 3.63) is 24.0 Å². The fourth-order valence-electron chi connectivity index (χ4n) is 2.50. The van der Waals surface area contributed by atoms with Gasteiger partial charge in [-0.25, -0.2) is 12.8 Å². The Balaban J connectivity index is 2.09. The van der Waals surface area contributed by atoms with E-state index >= 15 is 0 Å². The van der Waals surface area contributed by atoms with Gasteiger partial charge in [-0.2, -0.15) is 0 Å². The molecule has 0 aromatic heterocycles. The van der Waals surface area contributed by atoms with Crippen LogP contribution in [0.25, 0.3) is 0 Å². The lowest BCUT2D eigenvalue weighted by Gasteiger charge is -2.27. The van der Waals surface area contributed by atoms with E-state index in [-0.39, 0.29) is 23.6 Å². The average Bonchev–Trinajstić information content (AvgIpc) is 2.41. The second-order valence-electron chi connectivity index (χ2n) is 5.63. The van der Waals surface area contributed by atoms with Crippen molar-refractivity contribution in [2.75, 3.05) is 22.8 Å². The number of benzene rings is 1. The van der Waals surface area contributed by atoms with Gasteiger partial charge in [0.15, 0.2) is 0 Å². The van der Waals surface area contributed by atoms with Crippen LogP contribution in [0.15, 0.2) is 18.2 Å². The summed E-state index contributed by atoms with van der Waals surface area (Å²) in [5.41, 5.74) is 0.183. The smallest absolute Gasteiger partial charge is 0.229 e. The predicted molar refractivity (Wildman–Crippen MR) is 83.7 cm³/mol. The van der Waals surface area contributed by atoms with E-state index in [1.54, 1.807) is 0 Å². The molecular weight excluding hydrogens is 309 g/mol. The predicted octanol–water partition coefficient (Wildman–Crippen LogP) is 1.52. The van der Waals surface area contributed by atoms with Gasteiger partial charge >= 0.3 is 0 Å². The molecule has 0 bridgehead atoms. The number of rotatable bonds is 4. The third kappa shape index (κ3) is 4.67. The lowest BCUT2D eigenvalue weighted by Crippen LogP contribution is -2.40. The third-order valence-corrected chi connectivity index (χ3v) is 4.11. The van der Waals surface area contributed by atoms with Gasteiger partial charge in [-0.1, -0.05) is 0 Å². The first-order valence-corrected chi connectivity index (χ1v) is 8.95. The van der Waals surface area contributed by atoms with E-state index in [1.807, 2.05) is 6.92 Å². The number of hydrogen-bond donors (Lipinski definition) is 3. The first-order chi connectivity index (χ1) is 10.2. The number of anilines is 2. The molecule has 0 saturated carbocycles. The Labute approximate surface area is 129 Å². The van der Waals surface area contributed by atoms with Crippen molar-refractivity contribution in [1.29, 1.82) is 0 Å². The minimum Gasteiger partial charge on any atom is -0.326 e. The Hall–Kier alpha value is -1.67. The molecule has 22 heavy (non-hydrogen) atoms. The number of amides is 1. The zero-order chi connectivity index (χ0) is 16.3. The topological polar surface area (TPSA) is 87.3 Å². The van der Waals surface area contributed by atoms with Gasteiger partial charge in [0.05, 0.1) is 11.9 Å². The summed E-state index contributed by atoms with van der Waals surface area (Å²) >= 11 is 0. The molecule has 122 valence electrons. The highest BCUT2D eigenvalue weighted by molar-refractivity contribution is 7.92. The SMILES string of the molecule is C[C@H]1C[C@@H](C(=O)Nc2ccc(F)c(NS(C)(=O)=O)c2)CCN1. The fourth-order valence-corrected chi connectivity index (χ4v) is 3.05. The van der Waals surface area contributed by atoms with Gasteiger partial charge in [0.1, 0.15) is 5.82 Å². The van der Waals surface area contributed by atoms with Crippen molar-refractivity contribution in [2.24, 2.45) is 5.92 Å². The third-order valence-electron chi connectivity index (χ3n) is 3.52. The van der Waals surface area contributed by atoms with E-state index in [0.717, 1.165) is 31.7 Å². The van der Waals surface area contributed by atoms with Crippen molar-refractivity contribution >= 4 is 27.3 Å². The minimum atomic E-state index is -3.58. The van der Waals surface area contributed by atoms with Gasteiger partial charge in [0, 0.05) is 17.6 Å². The number of halogens is 1. The molecular formula is C14H20FN3O3S. The van der Waals surface area contributed by atoms with Crippen LogP contribution >= 0.6 is 0 Å². The van der Waals surface area contributed by atoms with Crippen LogP contribution in [0.3, 0.4) is 0 Å². The van der Waals surface area contributed by atoms with E-state index in [0.29, 0.717) is 5.69 Å². The molecule has 0 radical (unpaired) electrons. The molecule has 0 spiro atoms.